The number of hydrogen-bond acceptors (Lipinski definition) is 1. The van der Waals surface area contributed by atoms with Gasteiger partial charge in [-0.25, -0.2) is 0 Å². The molecule has 0 aliphatic rings. The smallest absolute Gasteiger partial charge is 0.119 e. The number of fused-ring (bicyclic) bond motifs is 1. The van der Waals surface area contributed by atoms with E-state index in [1.54, 1.807) is 6.07 Å². The summed E-state index contributed by atoms with van der Waals surface area (Å²) >= 11 is 0. The fourth-order valence-corrected chi connectivity index (χ4v) is 1.89. The summed E-state index contributed by atoms with van der Waals surface area (Å²) in [4.78, 5) is 0. The molecule has 0 fully saturated rings. The topological polar surface area (TPSA) is 20.2 Å². The van der Waals surface area contributed by atoms with Crippen LogP contribution in [0.1, 0.15) is 25.3 Å². The highest BCUT2D eigenvalue weighted by Crippen LogP contribution is 2.32. The first-order valence-corrected chi connectivity index (χ1v) is 4.91. The molecule has 0 bridgehead atoms. The van der Waals surface area contributed by atoms with Crippen molar-refractivity contribution in [2.75, 3.05) is 0 Å². The van der Waals surface area contributed by atoms with Gasteiger partial charge in [-0.2, -0.15) is 0 Å². The van der Waals surface area contributed by atoms with Gasteiger partial charge in [0.2, 0.25) is 0 Å². The summed E-state index contributed by atoms with van der Waals surface area (Å²) in [6, 6.07) is 11.9. The average molecular weight is 186 g/mol. The third-order valence-electron chi connectivity index (χ3n) is 2.53. The van der Waals surface area contributed by atoms with Crippen molar-refractivity contribution >= 4 is 10.8 Å². The Morgan fingerprint density at radius 2 is 1.71 bits per heavy atom. The van der Waals surface area contributed by atoms with Gasteiger partial charge in [0.15, 0.2) is 0 Å². The Kier molecular flexibility index (Phi) is 2.16. The highest BCUT2D eigenvalue weighted by molar-refractivity contribution is 5.88. The van der Waals surface area contributed by atoms with Crippen molar-refractivity contribution in [2.45, 2.75) is 19.8 Å². The van der Waals surface area contributed by atoms with Gasteiger partial charge in [0.05, 0.1) is 0 Å². The van der Waals surface area contributed by atoms with E-state index in [2.05, 4.69) is 26.0 Å². The quantitative estimate of drug-likeness (QED) is 0.720. The normalized spacial score (nSPS) is 11.1. The molecular formula is C13H14O. The maximum atomic E-state index is 9.78. The van der Waals surface area contributed by atoms with Crippen molar-refractivity contribution in [3.05, 3.63) is 42.0 Å². The van der Waals surface area contributed by atoms with Gasteiger partial charge in [-0.15, -0.1) is 0 Å². The molecule has 72 valence electrons. The van der Waals surface area contributed by atoms with Crippen molar-refractivity contribution in [2.24, 2.45) is 0 Å². The molecule has 0 heterocycles. The van der Waals surface area contributed by atoms with Gasteiger partial charge in [0.1, 0.15) is 5.75 Å². The fourth-order valence-electron chi connectivity index (χ4n) is 1.89. The Morgan fingerprint density at radius 1 is 1.00 bits per heavy atom. The molecule has 0 aliphatic carbocycles. The van der Waals surface area contributed by atoms with Crippen LogP contribution in [0.15, 0.2) is 36.4 Å². The number of rotatable bonds is 1. The first-order chi connectivity index (χ1) is 6.70. The molecule has 1 heteroatoms. The molecule has 0 saturated heterocycles. The van der Waals surface area contributed by atoms with Gasteiger partial charge >= 0.3 is 0 Å². The van der Waals surface area contributed by atoms with E-state index in [1.807, 2.05) is 18.2 Å². The number of hydrogen-bond donors (Lipinski definition) is 1. The van der Waals surface area contributed by atoms with Crippen LogP contribution in [0.2, 0.25) is 0 Å². The zero-order valence-electron chi connectivity index (χ0n) is 8.49. The van der Waals surface area contributed by atoms with E-state index in [1.165, 1.54) is 5.39 Å². The Hall–Kier alpha value is -1.50. The first kappa shape index (κ1) is 9.07. The molecule has 14 heavy (non-hydrogen) atoms. The molecule has 0 amide bonds. The summed E-state index contributed by atoms with van der Waals surface area (Å²) in [5, 5.41) is 12.1. The molecule has 0 aromatic heterocycles. The third-order valence-corrected chi connectivity index (χ3v) is 2.53. The molecule has 1 nitrogen and oxygen atoms in total. The molecule has 0 saturated carbocycles. The monoisotopic (exact) mass is 186 g/mol. The molecule has 1 N–H and O–H groups in total. The summed E-state index contributed by atoms with van der Waals surface area (Å²) in [5.41, 5.74) is 1.04. The van der Waals surface area contributed by atoms with Crippen LogP contribution in [-0.2, 0) is 0 Å². The summed E-state index contributed by atoms with van der Waals surface area (Å²) in [6.07, 6.45) is 0. The molecule has 2 rings (SSSR count). The second-order valence-corrected chi connectivity index (χ2v) is 3.87. The van der Waals surface area contributed by atoms with E-state index in [0.717, 1.165) is 10.9 Å². The molecule has 0 aliphatic heterocycles. The fraction of sp³-hybridized carbons (Fsp3) is 0.231. The molecule has 0 unspecified atom stereocenters. The van der Waals surface area contributed by atoms with E-state index >= 15 is 0 Å². The van der Waals surface area contributed by atoms with Gasteiger partial charge in [-0.3, -0.25) is 0 Å². The first-order valence-electron chi connectivity index (χ1n) is 4.91. The Bertz CT molecular complexity index is 458. The minimum absolute atomic E-state index is 0.348. The number of benzene rings is 2. The third kappa shape index (κ3) is 1.35. The molecule has 2 aromatic rings. The lowest BCUT2D eigenvalue weighted by molar-refractivity contribution is 0.466. The van der Waals surface area contributed by atoms with Gasteiger partial charge < -0.3 is 5.11 Å². The maximum absolute atomic E-state index is 9.78. The molecule has 0 spiro atoms. The SMILES string of the molecule is CC(C)c1c(O)ccc2ccccc12. The zero-order valence-corrected chi connectivity index (χ0v) is 8.49. The van der Waals surface area contributed by atoms with Crippen LogP contribution in [0.3, 0.4) is 0 Å². The van der Waals surface area contributed by atoms with Crippen molar-refractivity contribution in [3.63, 3.8) is 0 Å². The van der Waals surface area contributed by atoms with Crippen molar-refractivity contribution < 1.29 is 5.11 Å². The Morgan fingerprint density at radius 3 is 2.43 bits per heavy atom. The molecule has 0 radical (unpaired) electrons. The van der Waals surface area contributed by atoms with Crippen molar-refractivity contribution in [1.82, 2.24) is 0 Å². The average Bonchev–Trinajstić information content (AvgIpc) is 2.17. The van der Waals surface area contributed by atoms with Crippen LogP contribution in [0, 0.1) is 0 Å². The Balaban J connectivity index is 2.83. The summed E-state index contributed by atoms with van der Waals surface area (Å²) < 4.78 is 0. The number of aromatic hydroxyl groups is 1. The lowest BCUT2D eigenvalue weighted by atomic mass is 9.95. The number of phenols is 1. The van der Waals surface area contributed by atoms with Gasteiger partial charge in [0.25, 0.3) is 0 Å². The van der Waals surface area contributed by atoms with E-state index in [4.69, 9.17) is 0 Å². The lowest BCUT2D eigenvalue weighted by Gasteiger charge is -2.11. The van der Waals surface area contributed by atoms with Gasteiger partial charge in [0, 0.05) is 5.56 Å². The van der Waals surface area contributed by atoms with Crippen LogP contribution in [0.25, 0.3) is 10.8 Å². The van der Waals surface area contributed by atoms with Crippen LogP contribution in [0.5, 0.6) is 5.75 Å². The van der Waals surface area contributed by atoms with E-state index in [9.17, 15) is 5.11 Å². The summed E-state index contributed by atoms with van der Waals surface area (Å²) in [6.45, 7) is 4.20. The minimum Gasteiger partial charge on any atom is -0.508 e. The highest BCUT2D eigenvalue weighted by atomic mass is 16.3. The van der Waals surface area contributed by atoms with Gasteiger partial charge in [-0.1, -0.05) is 44.2 Å². The van der Waals surface area contributed by atoms with Crippen molar-refractivity contribution in [1.29, 1.82) is 0 Å². The second kappa shape index (κ2) is 3.33. The van der Waals surface area contributed by atoms with Crippen LogP contribution in [-0.4, -0.2) is 5.11 Å². The van der Waals surface area contributed by atoms with Crippen LogP contribution >= 0.6 is 0 Å². The highest BCUT2D eigenvalue weighted by Gasteiger charge is 2.09. The standard InChI is InChI=1S/C13H14O/c1-9(2)13-11-6-4-3-5-10(11)7-8-12(13)14/h3-9,14H,1-2H3. The predicted molar refractivity (Wildman–Crippen MR) is 59.7 cm³/mol. The summed E-state index contributed by atoms with van der Waals surface area (Å²) in [7, 11) is 0. The maximum Gasteiger partial charge on any atom is 0.119 e. The predicted octanol–water partition coefficient (Wildman–Crippen LogP) is 3.67. The summed E-state index contributed by atoms with van der Waals surface area (Å²) in [5.74, 6) is 0.750. The molecule has 2 aromatic carbocycles. The number of phenolic OH excluding ortho intramolecular Hbond substituents is 1. The second-order valence-electron chi connectivity index (χ2n) is 3.87. The zero-order chi connectivity index (χ0) is 10.1. The van der Waals surface area contributed by atoms with Crippen LogP contribution < -0.4 is 0 Å². The largest absolute Gasteiger partial charge is 0.508 e. The minimum atomic E-state index is 0.348. The van der Waals surface area contributed by atoms with Gasteiger partial charge in [-0.05, 0) is 22.8 Å². The van der Waals surface area contributed by atoms with Crippen molar-refractivity contribution in [3.8, 4) is 5.75 Å². The van der Waals surface area contributed by atoms with E-state index in [0.29, 0.717) is 11.7 Å². The van der Waals surface area contributed by atoms with Crippen LogP contribution in [0.4, 0.5) is 0 Å². The van der Waals surface area contributed by atoms with E-state index < -0.39 is 0 Å². The molecule has 0 atom stereocenters. The lowest BCUT2D eigenvalue weighted by Crippen LogP contribution is -1.90. The Labute approximate surface area is 84.0 Å². The van der Waals surface area contributed by atoms with E-state index in [-0.39, 0.29) is 0 Å². The molecular weight excluding hydrogens is 172 g/mol.